The first-order chi connectivity index (χ1) is 26.7. The van der Waals surface area contributed by atoms with Crippen LogP contribution in [0.1, 0.15) is 123 Å². The molecule has 55 heavy (non-hydrogen) atoms. The average molecular weight is 798 g/mol. The molecule has 0 aromatic heterocycles. The smallest absolute Gasteiger partial charge is 0.407 e. The van der Waals surface area contributed by atoms with Gasteiger partial charge >= 0.3 is 6.09 Å². The number of aliphatic hydroxyl groups is 7. The second-order valence-electron chi connectivity index (χ2n) is 14.7. The molecule has 2 fully saturated rings. The van der Waals surface area contributed by atoms with Crippen molar-refractivity contribution in [3.8, 4) is 0 Å². The Morgan fingerprint density at radius 1 is 0.618 bits per heavy atom. The molecule has 0 bridgehead atoms. The van der Waals surface area contributed by atoms with Crippen molar-refractivity contribution < 1.29 is 73.7 Å². The minimum absolute atomic E-state index is 0.000121. The maximum atomic E-state index is 12.3. The third kappa shape index (κ3) is 19.8. The molecule has 8 N–H and O–H groups in total. The van der Waals surface area contributed by atoms with Crippen molar-refractivity contribution in [2.45, 2.75) is 191 Å². The Morgan fingerprint density at radius 2 is 1.16 bits per heavy atom. The maximum absolute atomic E-state index is 12.3. The number of rotatable bonds is 32. The molecule has 326 valence electrons. The highest BCUT2D eigenvalue weighted by Gasteiger charge is 2.50. The number of aliphatic hydroxyl groups excluding tert-OH is 7. The lowest BCUT2D eigenvalue weighted by molar-refractivity contribution is -0.359. The lowest BCUT2D eigenvalue weighted by Crippen LogP contribution is -2.64. The summed E-state index contributed by atoms with van der Waals surface area (Å²) >= 11 is 0. The number of ether oxygens (including phenoxy) is 7. The van der Waals surface area contributed by atoms with Crippen molar-refractivity contribution in [2.24, 2.45) is 0 Å². The van der Waals surface area contributed by atoms with Crippen molar-refractivity contribution in [2.75, 3.05) is 52.8 Å². The molecule has 0 aliphatic carbocycles. The second-order valence-corrected chi connectivity index (χ2v) is 14.7. The Hall–Kier alpha value is -1.25. The fourth-order valence-corrected chi connectivity index (χ4v) is 6.72. The summed E-state index contributed by atoms with van der Waals surface area (Å²) in [6.07, 6.45) is 5.00. The van der Waals surface area contributed by atoms with Crippen LogP contribution in [0.25, 0.3) is 0 Å². The first-order valence-corrected chi connectivity index (χ1v) is 21.0. The summed E-state index contributed by atoms with van der Waals surface area (Å²) in [5.74, 6) is 0. The van der Waals surface area contributed by atoms with Crippen LogP contribution in [0.4, 0.5) is 4.79 Å². The third-order valence-corrected chi connectivity index (χ3v) is 10.1. The first-order valence-electron chi connectivity index (χ1n) is 21.0. The van der Waals surface area contributed by atoms with E-state index < -0.39 is 80.7 Å². The summed E-state index contributed by atoms with van der Waals surface area (Å²) in [7, 11) is 0. The van der Waals surface area contributed by atoms with E-state index in [-0.39, 0.29) is 25.9 Å². The molecule has 2 rings (SSSR count). The zero-order valence-electron chi connectivity index (χ0n) is 33.4. The van der Waals surface area contributed by atoms with Crippen molar-refractivity contribution in [1.82, 2.24) is 5.32 Å². The van der Waals surface area contributed by atoms with Gasteiger partial charge in [-0.15, -0.1) is 0 Å². The highest BCUT2D eigenvalue weighted by molar-refractivity contribution is 5.67. The Bertz CT molecular complexity index is 934. The molecule has 2 aliphatic rings. The van der Waals surface area contributed by atoms with E-state index in [0.29, 0.717) is 26.2 Å². The van der Waals surface area contributed by atoms with Crippen LogP contribution >= 0.6 is 0 Å². The van der Waals surface area contributed by atoms with Gasteiger partial charge in [0.15, 0.2) is 12.6 Å². The normalized spacial score (nSPS) is 29.0. The topological polar surface area (TPSA) is 235 Å². The van der Waals surface area contributed by atoms with Gasteiger partial charge in [0.2, 0.25) is 0 Å². The molecule has 1 amide bonds. The van der Waals surface area contributed by atoms with Crippen LogP contribution in [0.3, 0.4) is 0 Å². The molecular weight excluding hydrogens is 722 g/mol. The first kappa shape index (κ1) is 49.9. The van der Waals surface area contributed by atoms with Crippen LogP contribution in [0.5, 0.6) is 0 Å². The molecule has 2 aliphatic heterocycles. The molecule has 2 saturated heterocycles. The van der Waals surface area contributed by atoms with E-state index in [0.717, 1.165) is 12.8 Å². The quantitative estimate of drug-likeness (QED) is 0.0457. The average Bonchev–Trinajstić information content (AvgIpc) is 3.18. The third-order valence-electron chi connectivity index (χ3n) is 10.1. The highest BCUT2D eigenvalue weighted by Crippen LogP contribution is 2.29. The van der Waals surface area contributed by atoms with Gasteiger partial charge in [0.1, 0.15) is 61.5 Å². The van der Waals surface area contributed by atoms with Crippen LogP contribution < -0.4 is 5.32 Å². The number of carbonyl (C=O) groups is 1. The summed E-state index contributed by atoms with van der Waals surface area (Å²) in [5.41, 5.74) is 0. The number of unbranched alkanes of at least 4 members (excludes halogenated alkanes) is 15. The monoisotopic (exact) mass is 798 g/mol. The SMILES string of the molecule is CCCCCCCCCCCCCCCCCCOCC(COC(=O)NCCCO[C@@H]1O[C@H](CO)[C@@H](O[C@@H]2O[C@H](CO)[C@H](O)[C@H](O)[C@H]2O)[C@H](O)[C@H]1O)OCC. The molecule has 1 unspecified atom stereocenters. The summed E-state index contributed by atoms with van der Waals surface area (Å²) in [6.45, 7) is 4.38. The Kier molecular flexibility index (Phi) is 27.9. The summed E-state index contributed by atoms with van der Waals surface area (Å²) in [5, 5.41) is 73.5. The van der Waals surface area contributed by atoms with E-state index in [1.165, 1.54) is 89.9 Å². The number of alkyl carbamates (subject to hydrolysis) is 1. The molecule has 0 aromatic carbocycles. The van der Waals surface area contributed by atoms with E-state index in [1.54, 1.807) is 0 Å². The van der Waals surface area contributed by atoms with E-state index in [9.17, 15) is 40.5 Å². The zero-order chi connectivity index (χ0) is 40.3. The number of carbonyl (C=O) groups excluding carboxylic acids is 1. The fraction of sp³-hybridized carbons (Fsp3) is 0.974. The van der Waals surface area contributed by atoms with Crippen LogP contribution in [0, 0.1) is 0 Å². The standard InChI is InChI=1S/C39H75NO15/c1-3-5-6-7-8-9-10-11-12-13-14-15-16-17-18-19-22-49-26-28(50-4-2)27-52-39(48)40-21-20-23-51-37-35(47)33(45)36(30(25-42)54-37)55-38-34(46)32(44)31(43)29(24-41)53-38/h28-38,41-47H,3-27H2,1-2H3,(H,40,48)/t28?,29-,30-,31+,32+,33-,34-,35-,36-,37-,38+/m1/s1. The highest BCUT2D eigenvalue weighted by atomic mass is 16.7. The minimum atomic E-state index is -1.76. The lowest BCUT2D eigenvalue weighted by Gasteiger charge is -2.45. The molecule has 0 aromatic rings. The van der Waals surface area contributed by atoms with Gasteiger partial charge in [-0.3, -0.25) is 0 Å². The number of hydrogen-bond acceptors (Lipinski definition) is 15. The Morgan fingerprint density at radius 3 is 1.73 bits per heavy atom. The van der Waals surface area contributed by atoms with Gasteiger partial charge < -0.3 is 74.2 Å². The molecule has 0 radical (unpaired) electrons. The summed E-state index contributed by atoms with van der Waals surface area (Å²) in [6, 6.07) is 0. The van der Waals surface area contributed by atoms with E-state index in [4.69, 9.17) is 33.2 Å². The molecule has 0 spiro atoms. The zero-order valence-corrected chi connectivity index (χ0v) is 33.4. The van der Waals surface area contributed by atoms with Crippen molar-refractivity contribution in [1.29, 1.82) is 0 Å². The summed E-state index contributed by atoms with van der Waals surface area (Å²) < 4.78 is 38.7. The Balaban J connectivity index is 1.51. The van der Waals surface area contributed by atoms with Gasteiger partial charge in [-0.2, -0.15) is 0 Å². The number of amides is 1. The predicted octanol–water partition coefficient (Wildman–Crippen LogP) is 2.43. The predicted molar refractivity (Wildman–Crippen MR) is 202 cm³/mol. The molecule has 2 heterocycles. The van der Waals surface area contributed by atoms with Gasteiger partial charge in [-0.1, -0.05) is 103 Å². The van der Waals surface area contributed by atoms with E-state index in [1.807, 2.05) is 6.92 Å². The van der Waals surface area contributed by atoms with Gasteiger partial charge in [-0.05, 0) is 19.8 Å². The van der Waals surface area contributed by atoms with E-state index in [2.05, 4.69) is 12.2 Å². The molecule has 16 nitrogen and oxygen atoms in total. The Labute approximate surface area is 328 Å². The molecule has 16 heteroatoms. The molecule has 11 atom stereocenters. The van der Waals surface area contributed by atoms with Crippen LogP contribution in [-0.4, -0.2) is 162 Å². The van der Waals surface area contributed by atoms with Crippen molar-refractivity contribution >= 4 is 6.09 Å². The fourth-order valence-electron chi connectivity index (χ4n) is 6.72. The van der Waals surface area contributed by atoms with Gasteiger partial charge in [0, 0.05) is 19.8 Å². The van der Waals surface area contributed by atoms with Crippen LogP contribution in [0.15, 0.2) is 0 Å². The number of hydrogen-bond donors (Lipinski definition) is 8. The van der Waals surface area contributed by atoms with Crippen molar-refractivity contribution in [3.63, 3.8) is 0 Å². The van der Waals surface area contributed by atoms with E-state index >= 15 is 0 Å². The largest absolute Gasteiger partial charge is 0.447 e. The molecule has 0 saturated carbocycles. The second kappa shape index (κ2) is 30.8. The van der Waals surface area contributed by atoms with Crippen LogP contribution in [-0.2, 0) is 33.2 Å². The van der Waals surface area contributed by atoms with Gasteiger partial charge in [-0.25, -0.2) is 4.79 Å². The van der Waals surface area contributed by atoms with Crippen molar-refractivity contribution in [3.05, 3.63) is 0 Å². The van der Waals surface area contributed by atoms with Gasteiger partial charge in [0.25, 0.3) is 0 Å². The van der Waals surface area contributed by atoms with Gasteiger partial charge in [0.05, 0.1) is 26.4 Å². The minimum Gasteiger partial charge on any atom is -0.447 e. The molecular formula is C39H75NO15. The number of nitrogens with one attached hydrogen (secondary N) is 1. The lowest BCUT2D eigenvalue weighted by atomic mass is 9.97. The van der Waals surface area contributed by atoms with Crippen LogP contribution in [0.2, 0.25) is 0 Å². The maximum Gasteiger partial charge on any atom is 0.407 e. The summed E-state index contributed by atoms with van der Waals surface area (Å²) in [4.78, 5) is 12.3.